The highest BCUT2D eigenvalue weighted by Crippen LogP contribution is 2.34. The highest BCUT2D eigenvalue weighted by Gasteiger charge is 2.37. The van der Waals surface area contributed by atoms with Gasteiger partial charge in [0.15, 0.2) is 0 Å². The van der Waals surface area contributed by atoms with Gasteiger partial charge in [-0.15, -0.1) is 0 Å². The molecule has 10 heteroatoms. The molecule has 2 aliphatic heterocycles. The van der Waals surface area contributed by atoms with Crippen molar-refractivity contribution in [3.05, 3.63) is 77.2 Å². The summed E-state index contributed by atoms with van der Waals surface area (Å²) in [6.45, 7) is 15.7. The Kier molecular flexibility index (Phi) is 15.4. The fraction of sp³-hybridized carbons (Fsp3) is 0.535. The van der Waals surface area contributed by atoms with Gasteiger partial charge in [-0.05, 0) is 131 Å². The van der Waals surface area contributed by atoms with Crippen LogP contribution in [0.5, 0.6) is 0 Å². The molecule has 3 heterocycles. The number of nitrogens with zero attached hydrogens (tertiary/aromatic N) is 4. The number of nitrogens with one attached hydrogen (secondary N) is 2. The quantitative estimate of drug-likeness (QED) is 0.199. The number of fused-ring (bicyclic) bond motifs is 1. The zero-order valence-corrected chi connectivity index (χ0v) is 33.1. The average molecular weight is 729 g/mol. The van der Waals surface area contributed by atoms with E-state index in [-0.39, 0.29) is 29.7 Å². The number of halogens is 1. The largest absolute Gasteiger partial charge is 0.371 e. The zero-order valence-electron chi connectivity index (χ0n) is 33.1. The maximum atomic E-state index is 13.2. The van der Waals surface area contributed by atoms with Crippen LogP contribution in [0.3, 0.4) is 0 Å². The van der Waals surface area contributed by atoms with Crippen LogP contribution in [0.1, 0.15) is 101 Å². The van der Waals surface area contributed by atoms with Gasteiger partial charge in [0.2, 0.25) is 12.3 Å². The van der Waals surface area contributed by atoms with Crippen LogP contribution in [-0.4, -0.2) is 85.4 Å². The van der Waals surface area contributed by atoms with E-state index < -0.39 is 0 Å². The van der Waals surface area contributed by atoms with Gasteiger partial charge < -0.3 is 25.3 Å². The van der Waals surface area contributed by atoms with Gasteiger partial charge in [-0.1, -0.05) is 52.0 Å². The van der Waals surface area contributed by atoms with Crippen LogP contribution in [0.25, 0.3) is 17.0 Å². The van der Waals surface area contributed by atoms with Crippen molar-refractivity contribution in [3.63, 3.8) is 0 Å². The van der Waals surface area contributed by atoms with Crippen molar-refractivity contribution in [1.29, 1.82) is 0 Å². The van der Waals surface area contributed by atoms with Gasteiger partial charge in [-0.2, -0.15) is 0 Å². The third-order valence-corrected chi connectivity index (χ3v) is 10.7. The number of piperidine rings is 1. The van der Waals surface area contributed by atoms with Crippen molar-refractivity contribution in [2.45, 2.75) is 91.8 Å². The number of rotatable bonds is 11. The van der Waals surface area contributed by atoms with Crippen LogP contribution in [0.15, 0.2) is 54.6 Å². The molecule has 1 aromatic heterocycles. The fourth-order valence-electron chi connectivity index (χ4n) is 7.05. The Balaban J connectivity index is 0.000000290. The summed E-state index contributed by atoms with van der Waals surface area (Å²) in [5.74, 6) is 0.959. The lowest BCUT2D eigenvalue weighted by Crippen LogP contribution is -2.43. The Morgan fingerprint density at radius 3 is 2.38 bits per heavy atom. The van der Waals surface area contributed by atoms with Crippen molar-refractivity contribution in [2.24, 2.45) is 17.8 Å². The Morgan fingerprint density at radius 2 is 1.74 bits per heavy atom. The van der Waals surface area contributed by atoms with Crippen LogP contribution in [0, 0.1) is 23.6 Å². The molecule has 9 nitrogen and oxygen atoms in total. The number of pyridine rings is 1. The maximum absolute atomic E-state index is 13.2. The second kappa shape index (κ2) is 19.7. The van der Waals surface area contributed by atoms with Crippen molar-refractivity contribution >= 4 is 40.9 Å². The number of hydrogen-bond donors (Lipinski definition) is 2. The summed E-state index contributed by atoms with van der Waals surface area (Å²) in [5, 5.41) is 6.58. The Hall–Kier alpha value is -4.31. The summed E-state index contributed by atoms with van der Waals surface area (Å²) in [5.41, 5.74) is 4.51. The van der Waals surface area contributed by atoms with Crippen molar-refractivity contribution in [1.82, 2.24) is 25.4 Å². The van der Waals surface area contributed by atoms with Gasteiger partial charge in [0.05, 0.1) is 11.6 Å². The SMILES string of the molecule is CC.CC(C)[C@@H]1CC(C(=O)N[C@@H](C)c2ccc(N(C)C3CCN(C)CC3)cc2/C=C/C2CC2)N(C=O)C1.CCNC(=O)c1ccc2cc(F)ccc2n1. The second-order valence-corrected chi connectivity index (χ2v) is 14.8. The fourth-order valence-corrected chi connectivity index (χ4v) is 7.05. The molecule has 3 amide bonds. The molecule has 0 spiro atoms. The Labute approximate surface area is 316 Å². The number of anilines is 1. The van der Waals surface area contributed by atoms with Gasteiger partial charge in [0, 0.05) is 37.3 Å². The molecule has 3 fully saturated rings. The number of benzene rings is 2. The number of amides is 3. The third-order valence-electron chi connectivity index (χ3n) is 10.7. The molecule has 2 saturated heterocycles. The topological polar surface area (TPSA) is 97.9 Å². The highest BCUT2D eigenvalue weighted by atomic mass is 19.1. The van der Waals surface area contributed by atoms with E-state index in [1.807, 2.05) is 20.8 Å². The maximum Gasteiger partial charge on any atom is 0.269 e. The number of aromatic nitrogens is 1. The van der Waals surface area contributed by atoms with Crippen molar-refractivity contribution in [3.8, 4) is 0 Å². The van der Waals surface area contributed by atoms with E-state index in [9.17, 15) is 18.8 Å². The normalized spacial score (nSPS) is 19.6. The molecular weight excluding hydrogens is 668 g/mol. The summed E-state index contributed by atoms with van der Waals surface area (Å²) < 4.78 is 12.9. The Bertz CT molecular complexity index is 1700. The average Bonchev–Trinajstić information content (AvgIpc) is 3.89. The summed E-state index contributed by atoms with van der Waals surface area (Å²) >= 11 is 0. The van der Waals surface area contributed by atoms with E-state index in [4.69, 9.17) is 0 Å². The lowest BCUT2D eigenvalue weighted by atomic mass is 9.93. The highest BCUT2D eigenvalue weighted by molar-refractivity contribution is 5.94. The molecular formula is C43H61FN6O3. The summed E-state index contributed by atoms with van der Waals surface area (Å²) in [6, 6.07) is 14.3. The third kappa shape index (κ3) is 11.3. The number of carbonyl (C=O) groups excluding carboxylic acids is 3. The molecule has 1 saturated carbocycles. The predicted molar refractivity (Wildman–Crippen MR) is 214 cm³/mol. The molecule has 6 rings (SSSR count). The summed E-state index contributed by atoms with van der Waals surface area (Å²) in [7, 11) is 4.41. The van der Waals surface area contributed by atoms with E-state index in [1.54, 1.807) is 23.1 Å². The monoisotopic (exact) mass is 728 g/mol. The van der Waals surface area contributed by atoms with Crippen LogP contribution >= 0.6 is 0 Å². The van der Waals surface area contributed by atoms with E-state index in [2.05, 4.69) is 90.6 Å². The Morgan fingerprint density at radius 1 is 1.02 bits per heavy atom. The van der Waals surface area contributed by atoms with Gasteiger partial charge >= 0.3 is 0 Å². The van der Waals surface area contributed by atoms with Crippen LogP contribution in [-0.2, 0) is 9.59 Å². The molecule has 1 unspecified atom stereocenters. The first-order valence-corrected chi connectivity index (χ1v) is 19.6. The smallest absolute Gasteiger partial charge is 0.269 e. The number of allylic oxidation sites excluding steroid dienone is 1. The van der Waals surface area contributed by atoms with Crippen LogP contribution in [0.4, 0.5) is 10.1 Å². The lowest BCUT2D eigenvalue weighted by Gasteiger charge is -2.36. The minimum Gasteiger partial charge on any atom is -0.371 e. The first-order valence-electron chi connectivity index (χ1n) is 19.6. The van der Waals surface area contributed by atoms with Crippen LogP contribution < -0.4 is 15.5 Å². The predicted octanol–water partition coefficient (Wildman–Crippen LogP) is 7.47. The van der Waals surface area contributed by atoms with Gasteiger partial charge in [0.1, 0.15) is 17.6 Å². The van der Waals surface area contributed by atoms with Gasteiger partial charge in [0.25, 0.3) is 5.91 Å². The molecule has 53 heavy (non-hydrogen) atoms. The zero-order chi connectivity index (χ0) is 38.7. The van der Waals surface area contributed by atoms with E-state index in [1.165, 1.54) is 49.1 Å². The number of likely N-dealkylation sites (tertiary alicyclic amines) is 2. The van der Waals surface area contributed by atoms with Crippen molar-refractivity contribution in [2.75, 3.05) is 45.2 Å². The molecule has 2 N–H and O–H groups in total. The molecule has 0 radical (unpaired) electrons. The van der Waals surface area contributed by atoms with Crippen molar-refractivity contribution < 1.29 is 18.8 Å². The number of carbonyl (C=O) groups is 3. The lowest BCUT2D eigenvalue weighted by molar-refractivity contribution is -0.131. The molecule has 3 atom stereocenters. The summed E-state index contributed by atoms with van der Waals surface area (Å²) in [6.07, 6.45) is 11.1. The van der Waals surface area contributed by atoms with Gasteiger partial charge in [-0.25, -0.2) is 9.37 Å². The standard InChI is InChI=1S/C29H44N4O2.C12H11FN2O.C2H6/c1-20(2)24-17-28(33(18-24)19-34)29(35)30-21(3)27-11-10-26(16-23(27)9-8-22-6-7-22)32(5)25-12-14-31(4)15-13-25;1-2-14-12(16)11-5-3-8-7-9(13)4-6-10(8)15-11;1-2/h8-11,16,19-22,24-25,28H,6-7,12-15,17-18H2,1-5H3,(H,30,35);3-7H,2H2,1H3,(H,14,16);1-2H3/b9-8+;;/t21-,24+,28?;;/m0../s1. The second-order valence-electron chi connectivity index (χ2n) is 14.8. The first kappa shape index (κ1) is 41.4. The van der Waals surface area contributed by atoms with E-state index in [0.717, 1.165) is 31.5 Å². The van der Waals surface area contributed by atoms with E-state index in [0.29, 0.717) is 53.5 Å². The molecule has 1 aliphatic carbocycles. The molecule has 3 aromatic rings. The van der Waals surface area contributed by atoms with Gasteiger partial charge in [-0.3, -0.25) is 14.4 Å². The van der Waals surface area contributed by atoms with Crippen LogP contribution in [0.2, 0.25) is 0 Å². The number of hydrogen-bond acceptors (Lipinski definition) is 6. The summed E-state index contributed by atoms with van der Waals surface area (Å²) in [4.78, 5) is 47.0. The minimum atomic E-state index is -0.373. The minimum absolute atomic E-state index is 0.0441. The first-order chi connectivity index (χ1) is 25.5. The molecule has 3 aliphatic rings. The molecule has 0 bridgehead atoms. The molecule has 2 aromatic carbocycles. The van der Waals surface area contributed by atoms with E-state index >= 15 is 0 Å². The molecule has 288 valence electrons.